The Kier molecular flexibility index (Phi) is 6.05. The van der Waals surface area contributed by atoms with Crippen LogP contribution in [0.5, 0.6) is 0 Å². The van der Waals surface area contributed by atoms with Crippen LogP contribution in [0.2, 0.25) is 0 Å². The second kappa shape index (κ2) is 8.50. The summed E-state index contributed by atoms with van der Waals surface area (Å²) in [4.78, 5) is 17.0. The van der Waals surface area contributed by atoms with Crippen LogP contribution in [0.1, 0.15) is 21.6 Å². The number of fused-ring (bicyclic) bond motifs is 1. The van der Waals surface area contributed by atoms with E-state index >= 15 is 0 Å². The average Bonchev–Trinajstić information content (AvgIpc) is 2.66. The minimum atomic E-state index is -3.45. The molecule has 3 rings (SSSR count). The number of carbonyl (C=O) groups is 1. The number of carbonyl (C=O) groups excluding carboxylic acids is 1. The van der Waals surface area contributed by atoms with Crippen LogP contribution < -0.4 is 10.0 Å². The molecule has 0 saturated heterocycles. The summed E-state index contributed by atoms with van der Waals surface area (Å²) in [6, 6.07) is 12.3. The maximum Gasteiger partial charge on any atom is 0.256 e. The van der Waals surface area contributed by atoms with E-state index in [0.29, 0.717) is 33.4 Å². The summed E-state index contributed by atoms with van der Waals surface area (Å²) >= 11 is 0. The second-order valence-corrected chi connectivity index (χ2v) is 8.33. The number of sulfonamides is 1. The van der Waals surface area contributed by atoms with Crippen molar-refractivity contribution >= 4 is 32.5 Å². The van der Waals surface area contributed by atoms with E-state index in [4.69, 9.17) is 0 Å². The fourth-order valence-corrected chi connectivity index (χ4v) is 3.97. The molecule has 0 atom stereocenters. The number of aryl methyl sites for hydroxylation is 1. The lowest BCUT2D eigenvalue weighted by molar-refractivity contribution is 0.102. The molecule has 0 unspecified atom stereocenters. The van der Waals surface area contributed by atoms with Gasteiger partial charge in [-0.25, -0.2) is 17.5 Å². The van der Waals surface area contributed by atoms with Crippen LogP contribution in [-0.4, -0.2) is 25.9 Å². The van der Waals surface area contributed by atoms with Gasteiger partial charge in [0.25, 0.3) is 5.91 Å². The largest absolute Gasteiger partial charge is 0.322 e. The van der Waals surface area contributed by atoms with E-state index in [9.17, 15) is 17.6 Å². The fraction of sp³-hybridized carbons (Fsp3) is 0.143. The van der Waals surface area contributed by atoms with Gasteiger partial charge >= 0.3 is 0 Å². The maximum absolute atomic E-state index is 13.5. The predicted octanol–water partition coefficient (Wildman–Crippen LogP) is 3.54. The summed E-state index contributed by atoms with van der Waals surface area (Å²) < 4.78 is 39.7. The summed E-state index contributed by atoms with van der Waals surface area (Å²) in [5.41, 5.74) is 2.48. The fourth-order valence-electron chi connectivity index (χ4n) is 2.86. The van der Waals surface area contributed by atoms with E-state index in [1.54, 1.807) is 37.3 Å². The standard InChI is InChI=1S/C21H20FN3O3S/c1-3-10-23-29(27,28)13-15-4-7-17(8-5-15)25-21(26)19-11-14(2)24-20-12-16(22)6-9-18(19)20/h3-9,11-12,23H,1,10,13H2,2H3,(H,25,26). The third-order valence-corrected chi connectivity index (χ3v) is 5.48. The summed E-state index contributed by atoms with van der Waals surface area (Å²) in [6.45, 7) is 5.37. The molecule has 2 aromatic carbocycles. The van der Waals surface area contributed by atoms with Crippen LogP contribution in [0.25, 0.3) is 10.9 Å². The Bertz CT molecular complexity index is 1170. The molecule has 0 aliphatic carbocycles. The molecule has 0 aliphatic rings. The van der Waals surface area contributed by atoms with Gasteiger partial charge in [0.1, 0.15) is 5.82 Å². The molecule has 2 N–H and O–H groups in total. The minimum absolute atomic E-state index is 0.166. The van der Waals surface area contributed by atoms with Crippen LogP contribution in [-0.2, 0) is 15.8 Å². The van der Waals surface area contributed by atoms with Gasteiger partial charge in [-0.1, -0.05) is 18.2 Å². The highest BCUT2D eigenvalue weighted by Crippen LogP contribution is 2.21. The summed E-state index contributed by atoms with van der Waals surface area (Å²) in [5.74, 6) is -0.954. The molecule has 3 aromatic rings. The Labute approximate surface area is 168 Å². The summed E-state index contributed by atoms with van der Waals surface area (Å²) in [5, 5.41) is 3.32. The van der Waals surface area contributed by atoms with Crippen LogP contribution in [0.15, 0.2) is 61.2 Å². The Morgan fingerprint density at radius 3 is 2.59 bits per heavy atom. The zero-order chi connectivity index (χ0) is 21.0. The predicted molar refractivity (Wildman–Crippen MR) is 112 cm³/mol. The summed E-state index contributed by atoms with van der Waals surface area (Å²) in [7, 11) is -3.45. The molecule has 0 aliphatic heterocycles. The Hall–Kier alpha value is -3.10. The van der Waals surface area contributed by atoms with Crippen molar-refractivity contribution in [2.75, 3.05) is 11.9 Å². The van der Waals surface area contributed by atoms with Crippen molar-refractivity contribution in [1.82, 2.24) is 9.71 Å². The molecule has 0 spiro atoms. The van der Waals surface area contributed by atoms with E-state index in [2.05, 4.69) is 21.6 Å². The number of amides is 1. The number of nitrogens with zero attached hydrogens (tertiary/aromatic N) is 1. The number of pyridine rings is 1. The number of hydrogen-bond acceptors (Lipinski definition) is 4. The van der Waals surface area contributed by atoms with Gasteiger partial charge in [-0.3, -0.25) is 9.78 Å². The van der Waals surface area contributed by atoms with Crippen LogP contribution in [0, 0.1) is 12.7 Å². The first kappa shape index (κ1) is 20.6. The molecule has 8 heteroatoms. The minimum Gasteiger partial charge on any atom is -0.322 e. The number of nitrogens with one attached hydrogen (secondary N) is 2. The molecule has 29 heavy (non-hydrogen) atoms. The topological polar surface area (TPSA) is 88.2 Å². The monoisotopic (exact) mass is 413 g/mol. The molecule has 0 bridgehead atoms. The van der Waals surface area contributed by atoms with Crippen molar-refractivity contribution in [3.05, 3.63) is 83.8 Å². The Balaban J connectivity index is 1.78. The highest BCUT2D eigenvalue weighted by atomic mass is 32.2. The molecule has 1 heterocycles. The van der Waals surface area contributed by atoms with Gasteiger partial charge in [-0.05, 0) is 42.8 Å². The van der Waals surface area contributed by atoms with Crippen molar-refractivity contribution in [2.24, 2.45) is 0 Å². The molecule has 150 valence electrons. The molecule has 0 fully saturated rings. The van der Waals surface area contributed by atoms with Crippen molar-refractivity contribution in [2.45, 2.75) is 12.7 Å². The van der Waals surface area contributed by atoms with Crippen molar-refractivity contribution in [1.29, 1.82) is 0 Å². The van der Waals surface area contributed by atoms with Gasteiger partial charge in [0.05, 0.1) is 16.8 Å². The lowest BCUT2D eigenvalue weighted by Crippen LogP contribution is -2.25. The first-order valence-corrected chi connectivity index (χ1v) is 10.5. The van der Waals surface area contributed by atoms with E-state index in [0.717, 1.165) is 0 Å². The van der Waals surface area contributed by atoms with Crippen LogP contribution >= 0.6 is 0 Å². The van der Waals surface area contributed by atoms with E-state index in [-0.39, 0.29) is 18.2 Å². The first-order valence-electron chi connectivity index (χ1n) is 8.83. The number of anilines is 1. The lowest BCUT2D eigenvalue weighted by Gasteiger charge is -2.10. The van der Waals surface area contributed by atoms with Gasteiger partial charge in [0.15, 0.2) is 0 Å². The van der Waals surface area contributed by atoms with Crippen molar-refractivity contribution in [3.8, 4) is 0 Å². The van der Waals surface area contributed by atoms with Crippen molar-refractivity contribution in [3.63, 3.8) is 0 Å². The average molecular weight is 413 g/mol. The summed E-state index contributed by atoms with van der Waals surface area (Å²) in [6.07, 6.45) is 1.47. The molecular weight excluding hydrogens is 393 g/mol. The van der Waals surface area contributed by atoms with Gasteiger partial charge < -0.3 is 5.32 Å². The number of aromatic nitrogens is 1. The van der Waals surface area contributed by atoms with Gasteiger partial charge in [0, 0.05) is 29.4 Å². The molecule has 6 nitrogen and oxygen atoms in total. The molecule has 1 amide bonds. The molecule has 0 saturated carbocycles. The van der Waals surface area contributed by atoms with Crippen LogP contribution in [0.4, 0.5) is 10.1 Å². The number of hydrogen-bond donors (Lipinski definition) is 2. The third kappa shape index (κ3) is 5.24. The molecular formula is C21H20FN3O3S. The smallest absolute Gasteiger partial charge is 0.256 e. The van der Waals surface area contributed by atoms with Gasteiger partial charge in [-0.15, -0.1) is 6.58 Å². The quantitative estimate of drug-likeness (QED) is 0.580. The normalized spacial score (nSPS) is 11.4. The first-order chi connectivity index (χ1) is 13.8. The van der Waals surface area contributed by atoms with Gasteiger partial charge in [-0.2, -0.15) is 0 Å². The zero-order valence-electron chi connectivity index (χ0n) is 15.8. The number of benzene rings is 2. The van der Waals surface area contributed by atoms with E-state index in [1.807, 2.05) is 0 Å². The Morgan fingerprint density at radius 1 is 1.17 bits per heavy atom. The molecule has 0 radical (unpaired) electrons. The van der Waals surface area contributed by atoms with Crippen LogP contribution in [0.3, 0.4) is 0 Å². The Morgan fingerprint density at radius 2 is 1.90 bits per heavy atom. The number of halogens is 1. The maximum atomic E-state index is 13.5. The zero-order valence-corrected chi connectivity index (χ0v) is 16.6. The SMILES string of the molecule is C=CCNS(=O)(=O)Cc1ccc(NC(=O)c2cc(C)nc3cc(F)ccc23)cc1. The van der Waals surface area contributed by atoms with E-state index in [1.165, 1.54) is 24.3 Å². The molecule has 1 aromatic heterocycles. The van der Waals surface area contributed by atoms with Gasteiger partial charge in [0.2, 0.25) is 10.0 Å². The second-order valence-electron chi connectivity index (χ2n) is 6.52. The van der Waals surface area contributed by atoms with Crippen molar-refractivity contribution < 1.29 is 17.6 Å². The lowest BCUT2D eigenvalue weighted by atomic mass is 10.1. The highest BCUT2D eigenvalue weighted by molar-refractivity contribution is 7.88. The third-order valence-electron chi connectivity index (χ3n) is 4.16. The van der Waals surface area contributed by atoms with E-state index < -0.39 is 15.8 Å². The highest BCUT2D eigenvalue weighted by Gasteiger charge is 2.14. The number of rotatable bonds is 7.